The van der Waals surface area contributed by atoms with E-state index in [2.05, 4.69) is 25.0 Å². The van der Waals surface area contributed by atoms with Crippen LogP contribution in [0, 0.1) is 6.92 Å². The molecule has 0 spiro atoms. The van der Waals surface area contributed by atoms with Crippen molar-refractivity contribution in [3.05, 3.63) is 42.2 Å². The summed E-state index contributed by atoms with van der Waals surface area (Å²) in [5, 5.41) is 3.67. The van der Waals surface area contributed by atoms with Crippen molar-refractivity contribution >= 4 is 49.9 Å². The van der Waals surface area contributed by atoms with Gasteiger partial charge >= 0.3 is 6.09 Å². The molecule has 156 valence electrons. The van der Waals surface area contributed by atoms with Gasteiger partial charge in [0.05, 0.1) is 29.1 Å². The third-order valence-electron chi connectivity index (χ3n) is 4.11. The molecule has 2 aromatic heterocycles. The zero-order chi connectivity index (χ0) is 21.3. The number of amides is 1. The van der Waals surface area contributed by atoms with E-state index in [1.807, 2.05) is 6.92 Å². The van der Waals surface area contributed by atoms with E-state index < -0.39 is 16.1 Å². The highest BCUT2D eigenvalue weighted by molar-refractivity contribution is 7.92. The summed E-state index contributed by atoms with van der Waals surface area (Å²) < 4.78 is 30.0. The number of thiazole rings is 1. The van der Waals surface area contributed by atoms with Gasteiger partial charge in [0.1, 0.15) is 6.61 Å². The van der Waals surface area contributed by atoms with Crippen molar-refractivity contribution in [2.45, 2.75) is 6.92 Å². The highest BCUT2D eigenvalue weighted by atomic mass is 32.2. The summed E-state index contributed by atoms with van der Waals surface area (Å²) in [6, 6.07) is 8.50. The number of nitrogens with one attached hydrogen (secondary N) is 2. The van der Waals surface area contributed by atoms with E-state index in [9.17, 15) is 13.2 Å². The average molecular weight is 447 g/mol. The van der Waals surface area contributed by atoms with E-state index >= 15 is 0 Å². The Balaban J connectivity index is 1.53. The summed E-state index contributed by atoms with van der Waals surface area (Å²) in [6.45, 7) is 2.69. The van der Waals surface area contributed by atoms with Crippen LogP contribution in [-0.4, -0.2) is 48.9 Å². The highest BCUT2D eigenvalue weighted by Gasteiger charge is 2.27. The first-order valence-electron chi connectivity index (χ1n) is 8.88. The van der Waals surface area contributed by atoms with Crippen LogP contribution in [0.5, 0.6) is 0 Å². The number of aryl methyl sites for hydroxylation is 1. The van der Waals surface area contributed by atoms with Gasteiger partial charge in [-0.05, 0) is 37.3 Å². The lowest BCUT2D eigenvalue weighted by Crippen LogP contribution is -2.22. The maximum absolute atomic E-state index is 11.8. The SMILES string of the molecule is Cc1nc(N2CCOC2=O)sc1-c1ccnc(Nc2ccc(NS(C)(=O)=O)cc2)n1. The van der Waals surface area contributed by atoms with Gasteiger partial charge in [-0.15, -0.1) is 0 Å². The van der Waals surface area contributed by atoms with Crippen molar-refractivity contribution < 1.29 is 17.9 Å². The second-order valence-electron chi connectivity index (χ2n) is 6.52. The smallest absolute Gasteiger partial charge is 0.416 e. The van der Waals surface area contributed by atoms with Crippen LogP contribution in [0.25, 0.3) is 10.6 Å². The van der Waals surface area contributed by atoms with Crippen molar-refractivity contribution in [2.75, 3.05) is 34.3 Å². The quantitative estimate of drug-likeness (QED) is 0.592. The molecule has 0 bridgehead atoms. The Morgan fingerprint density at radius 3 is 2.53 bits per heavy atom. The molecule has 3 heterocycles. The Labute approximate surface area is 177 Å². The fraction of sp³-hybridized carbons (Fsp3) is 0.222. The number of benzene rings is 1. The number of carbonyl (C=O) groups is 1. The zero-order valence-electron chi connectivity index (χ0n) is 16.1. The largest absolute Gasteiger partial charge is 0.447 e. The summed E-state index contributed by atoms with van der Waals surface area (Å²) in [7, 11) is -3.33. The Hall–Kier alpha value is -3.25. The van der Waals surface area contributed by atoms with Gasteiger partial charge in [-0.25, -0.2) is 33.1 Å². The minimum absolute atomic E-state index is 0.354. The van der Waals surface area contributed by atoms with Crippen LogP contribution in [0.1, 0.15) is 5.69 Å². The minimum atomic E-state index is -3.33. The van der Waals surface area contributed by atoms with Gasteiger partial charge < -0.3 is 10.1 Å². The fourth-order valence-corrected chi connectivity index (χ4v) is 4.43. The van der Waals surface area contributed by atoms with E-state index in [0.717, 1.165) is 16.8 Å². The number of hydrogen-bond donors (Lipinski definition) is 2. The van der Waals surface area contributed by atoms with Gasteiger partial charge in [-0.3, -0.25) is 4.72 Å². The van der Waals surface area contributed by atoms with Gasteiger partial charge in [0, 0.05) is 17.6 Å². The lowest BCUT2D eigenvalue weighted by Gasteiger charge is -2.08. The van der Waals surface area contributed by atoms with Crippen LogP contribution in [0.15, 0.2) is 36.5 Å². The second-order valence-corrected chi connectivity index (χ2v) is 9.25. The molecule has 4 rings (SSSR count). The number of sulfonamides is 1. The summed E-state index contributed by atoms with van der Waals surface area (Å²) in [6.07, 6.45) is 2.33. The monoisotopic (exact) mass is 446 g/mol. The topological polar surface area (TPSA) is 126 Å². The number of carbonyl (C=O) groups excluding carboxylic acids is 1. The number of anilines is 4. The molecule has 0 atom stereocenters. The van der Waals surface area contributed by atoms with E-state index in [1.54, 1.807) is 36.5 Å². The van der Waals surface area contributed by atoms with Crippen molar-refractivity contribution in [1.29, 1.82) is 0 Å². The van der Waals surface area contributed by atoms with Gasteiger partial charge in [0.25, 0.3) is 0 Å². The molecule has 1 fully saturated rings. The normalized spacial score (nSPS) is 13.9. The molecule has 12 heteroatoms. The van der Waals surface area contributed by atoms with E-state index in [-0.39, 0.29) is 0 Å². The average Bonchev–Trinajstić information content (AvgIpc) is 3.28. The molecule has 0 unspecified atom stereocenters. The molecule has 2 N–H and O–H groups in total. The molecule has 10 nitrogen and oxygen atoms in total. The zero-order valence-corrected chi connectivity index (χ0v) is 17.7. The van der Waals surface area contributed by atoms with Crippen molar-refractivity contribution in [3.63, 3.8) is 0 Å². The van der Waals surface area contributed by atoms with Crippen LogP contribution in [0.4, 0.5) is 27.2 Å². The van der Waals surface area contributed by atoms with E-state index in [0.29, 0.717) is 41.3 Å². The Kier molecular flexibility index (Phi) is 5.26. The lowest BCUT2D eigenvalue weighted by molar-refractivity contribution is 0.181. The molecule has 0 saturated carbocycles. The number of hydrogen-bond acceptors (Lipinski definition) is 9. The predicted octanol–water partition coefficient (Wildman–Crippen LogP) is 2.98. The summed E-state index contributed by atoms with van der Waals surface area (Å²) in [5.74, 6) is 0.381. The van der Waals surface area contributed by atoms with Gasteiger partial charge in [0.15, 0.2) is 5.13 Å². The van der Waals surface area contributed by atoms with Gasteiger partial charge in [-0.2, -0.15) is 0 Å². The molecule has 1 saturated heterocycles. The first kappa shape index (κ1) is 20.0. The molecule has 1 amide bonds. The fourth-order valence-electron chi connectivity index (χ4n) is 2.81. The van der Waals surface area contributed by atoms with Crippen LogP contribution >= 0.6 is 11.3 Å². The predicted molar refractivity (Wildman–Crippen MR) is 115 cm³/mol. The molecule has 30 heavy (non-hydrogen) atoms. The first-order valence-corrected chi connectivity index (χ1v) is 11.6. The molecule has 1 aromatic carbocycles. The minimum Gasteiger partial charge on any atom is -0.447 e. The molecule has 1 aliphatic heterocycles. The second kappa shape index (κ2) is 7.88. The number of nitrogens with zero attached hydrogens (tertiary/aromatic N) is 4. The number of cyclic esters (lactones) is 1. The summed E-state index contributed by atoms with van der Waals surface area (Å²) in [5.41, 5.74) is 2.60. The van der Waals surface area contributed by atoms with Crippen LogP contribution in [0.3, 0.4) is 0 Å². The molecular weight excluding hydrogens is 428 g/mol. The third kappa shape index (κ3) is 4.49. The summed E-state index contributed by atoms with van der Waals surface area (Å²) >= 11 is 1.37. The summed E-state index contributed by atoms with van der Waals surface area (Å²) in [4.78, 5) is 27.4. The van der Waals surface area contributed by atoms with Crippen molar-refractivity contribution in [2.24, 2.45) is 0 Å². The number of ether oxygens (including phenoxy) is 1. The van der Waals surface area contributed by atoms with Gasteiger partial charge in [0.2, 0.25) is 16.0 Å². The Bertz CT molecular complexity index is 1190. The lowest BCUT2D eigenvalue weighted by atomic mass is 10.3. The first-order chi connectivity index (χ1) is 14.3. The van der Waals surface area contributed by atoms with E-state index in [4.69, 9.17) is 4.74 Å². The Morgan fingerprint density at radius 2 is 1.87 bits per heavy atom. The standard InChI is InChI=1S/C18H18N6O4S2/c1-11-15(29-17(20-11)24-9-10-28-18(24)25)14-7-8-19-16(22-14)21-12-3-5-13(6-4-12)23-30(2,26)27/h3-8,23H,9-10H2,1-2H3,(H,19,21,22). The molecule has 0 radical (unpaired) electrons. The van der Waals surface area contributed by atoms with Crippen molar-refractivity contribution in [1.82, 2.24) is 15.0 Å². The molecule has 1 aliphatic rings. The van der Waals surface area contributed by atoms with Crippen LogP contribution < -0.4 is 14.9 Å². The maximum Gasteiger partial charge on any atom is 0.416 e. The van der Waals surface area contributed by atoms with Crippen LogP contribution in [0.2, 0.25) is 0 Å². The van der Waals surface area contributed by atoms with Crippen molar-refractivity contribution in [3.8, 4) is 10.6 Å². The third-order valence-corrected chi connectivity index (χ3v) is 5.92. The number of aromatic nitrogens is 3. The molecular formula is C18H18N6O4S2. The van der Waals surface area contributed by atoms with Gasteiger partial charge in [-0.1, -0.05) is 11.3 Å². The number of rotatable bonds is 6. The maximum atomic E-state index is 11.8. The Morgan fingerprint density at radius 1 is 1.13 bits per heavy atom. The molecule has 3 aromatic rings. The van der Waals surface area contributed by atoms with E-state index in [1.165, 1.54) is 16.2 Å². The van der Waals surface area contributed by atoms with Crippen LogP contribution in [-0.2, 0) is 14.8 Å². The highest BCUT2D eigenvalue weighted by Crippen LogP contribution is 2.35. The molecule has 0 aliphatic carbocycles.